The largest absolute Gasteiger partial charge is 0.481 e. The Hall–Kier alpha value is -2.63. The van der Waals surface area contributed by atoms with E-state index in [2.05, 4.69) is 33.1 Å². The molecule has 4 rings (SSSR count). The molecule has 118 valence electrons. The van der Waals surface area contributed by atoms with E-state index in [4.69, 9.17) is 5.11 Å². The second-order valence-corrected chi connectivity index (χ2v) is 6.03. The first-order valence-electron chi connectivity index (χ1n) is 7.87. The lowest BCUT2D eigenvalue weighted by atomic mass is 10.1. The third-order valence-corrected chi connectivity index (χ3v) is 4.66. The van der Waals surface area contributed by atoms with Crippen molar-refractivity contribution in [3.63, 3.8) is 0 Å². The lowest BCUT2D eigenvalue weighted by Gasteiger charge is -2.21. The first-order valence-corrected chi connectivity index (χ1v) is 7.87. The quantitative estimate of drug-likeness (QED) is 0.936. The molecule has 2 aromatic rings. The Balaban J connectivity index is 1.60. The van der Waals surface area contributed by atoms with Crippen LogP contribution in [0.3, 0.4) is 0 Å². The normalized spacial score (nSPS) is 19.9. The van der Waals surface area contributed by atoms with Gasteiger partial charge in [0, 0.05) is 31.4 Å². The van der Waals surface area contributed by atoms with Crippen molar-refractivity contribution in [3.05, 3.63) is 42.2 Å². The molecule has 1 fully saturated rings. The van der Waals surface area contributed by atoms with Gasteiger partial charge in [0.25, 0.3) is 0 Å². The number of benzene rings is 1. The van der Waals surface area contributed by atoms with Gasteiger partial charge < -0.3 is 14.9 Å². The summed E-state index contributed by atoms with van der Waals surface area (Å²) in [6, 6.07) is 10.3. The topological polar surface area (TPSA) is 69.6 Å². The van der Waals surface area contributed by atoms with E-state index in [1.54, 1.807) is 6.33 Å². The fourth-order valence-electron chi connectivity index (χ4n) is 3.40. The van der Waals surface area contributed by atoms with Crippen LogP contribution in [0.25, 0.3) is 0 Å². The first-order chi connectivity index (χ1) is 11.2. The van der Waals surface area contributed by atoms with E-state index < -0.39 is 5.97 Å². The molecule has 0 radical (unpaired) electrons. The number of carboxylic acid groups (broad SMARTS) is 1. The maximum Gasteiger partial charge on any atom is 0.308 e. The third kappa shape index (κ3) is 2.50. The average molecular weight is 310 g/mol. The van der Waals surface area contributed by atoms with Crippen LogP contribution >= 0.6 is 0 Å². The SMILES string of the molecule is O=C(O)C1CCN(c2cc(N3CCc4ccccc43)ncn2)C1. The summed E-state index contributed by atoms with van der Waals surface area (Å²) in [6.45, 7) is 2.15. The predicted octanol–water partition coefficient (Wildman–Crippen LogP) is 2.08. The lowest BCUT2D eigenvalue weighted by molar-refractivity contribution is -0.140. The number of hydrogen-bond donors (Lipinski definition) is 1. The van der Waals surface area contributed by atoms with Gasteiger partial charge in [-0.2, -0.15) is 0 Å². The Labute approximate surface area is 134 Å². The van der Waals surface area contributed by atoms with Crippen molar-refractivity contribution < 1.29 is 9.90 Å². The van der Waals surface area contributed by atoms with E-state index >= 15 is 0 Å². The van der Waals surface area contributed by atoms with Crippen LogP contribution in [-0.2, 0) is 11.2 Å². The van der Waals surface area contributed by atoms with E-state index in [1.807, 2.05) is 17.0 Å². The van der Waals surface area contributed by atoms with E-state index in [0.29, 0.717) is 13.0 Å². The molecule has 3 heterocycles. The number of carboxylic acids is 1. The highest BCUT2D eigenvalue weighted by Gasteiger charge is 2.29. The minimum absolute atomic E-state index is 0.305. The van der Waals surface area contributed by atoms with Crippen LogP contribution in [0.2, 0.25) is 0 Å². The summed E-state index contributed by atoms with van der Waals surface area (Å²) in [5, 5.41) is 9.15. The Kier molecular flexibility index (Phi) is 3.37. The fraction of sp³-hybridized carbons (Fsp3) is 0.353. The van der Waals surface area contributed by atoms with Crippen molar-refractivity contribution in [1.29, 1.82) is 0 Å². The summed E-state index contributed by atoms with van der Waals surface area (Å²) >= 11 is 0. The Morgan fingerprint density at radius 2 is 2.00 bits per heavy atom. The number of hydrogen-bond acceptors (Lipinski definition) is 5. The van der Waals surface area contributed by atoms with Crippen LogP contribution in [0.1, 0.15) is 12.0 Å². The molecule has 0 spiro atoms. The second kappa shape index (κ2) is 5.53. The molecule has 0 amide bonds. The predicted molar refractivity (Wildman–Crippen MR) is 87.1 cm³/mol. The van der Waals surface area contributed by atoms with Gasteiger partial charge in [-0.25, -0.2) is 9.97 Å². The monoisotopic (exact) mass is 310 g/mol. The molecule has 1 unspecified atom stereocenters. The number of para-hydroxylation sites is 1. The van der Waals surface area contributed by atoms with Gasteiger partial charge in [0.05, 0.1) is 5.92 Å². The second-order valence-electron chi connectivity index (χ2n) is 6.03. The zero-order valence-corrected chi connectivity index (χ0v) is 12.7. The molecule has 2 aliphatic heterocycles. The van der Waals surface area contributed by atoms with Gasteiger partial charge in [0.15, 0.2) is 0 Å². The van der Waals surface area contributed by atoms with E-state index in [1.165, 1.54) is 11.3 Å². The van der Waals surface area contributed by atoms with Gasteiger partial charge in [-0.15, -0.1) is 0 Å². The number of rotatable bonds is 3. The Morgan fingerprint density at radius 1 is 1.17 bits per heavy atom. The summed E-state index contributed by atoms with van der Waals surface area (Å²) in [7, 11) is 0. The van der Waals surface area contributed by atoms with Crippen LogP contribution in [0.4, 0.5) is 17.3 Å². The highest BCUT2D eigenvalue weighted by molar-refractivity contribution is 5.72. The van der Waals surface area contributed by atoms with Crippen molar-refractivity contribution >= 4 is 23.3 Å². The number of aliphatic carboxylic acids is 1. The van der Waals surface area contributed by atoms with Gasteiger partial charge in [0.1, 0.15) is 18.0 Å². The molecule has 1 aromatic carbocycles. The summed E-state index contributed by atoms with van der Waals surface area (Å²) in [5.41, 5.74) is 2.53. The van der Waals surface area contributed by atoms with Gasteiger partial charge in [0.2, 0.25) is 0 Å². The number of aromatic nitrogens is 2. The van der Waals surface area contributed by atoms with Crippen molar-refractivity contribution in [2.75, 3.05) is 29.4 Å². The molecule has 0 bridgehead atoms. The van der Waals surface area contributed by atoms with Crippen LogP contribution in [0.15, 0.2) is 36.7 Å². The molecule has 1 atom stereocenters. The summed E-state index contributed by atoms with van der Waals surface area (Å²) in [4.78, 5) is 24.1. The smallest absolute Gasteiger partial charge is 0.308 e. The van der Waals surface area contributed by atoms with E-state index in [0.717, 1.165) is 31.1 Å². The first kappa shape index (κ1) is 14.0. The van der Waals surface area contributed by atoms with Crippen LogP contribution in [-0.4, -0.2) is 40.7 Å². The zero-order valence-electron chi connectivity index (χ0n) is 12.7. The molecule has 1 N–H and O–H groups in total. The molecule has 1 aromatic heterocycles. The van der Waals surface area contributed by atoms with Gasteiger partial charge in [-0.1, -0.05) is 18.2 Å². The zero-order chi connectivity index (χ0) is 15.8. The molecular weight excluding hydrogens is 292 g/mol. The molecule has 0 aliphatic carbocycles. The van der Waals surface area contributed by atoms with Crippen molar-refractivity contribution in [2.45, 2.75) is 12.8 Å². The molecule has 1 saturated heterocycles. The molecule has 2 aliphatic rings. The highest BCUT2D eigenvalue weighted by atomic mass is 16.4. The molecule has 23 heavy (non-hydrogen) atoms. The summed E-state index contributed by atoms with van der Waals surface area (Å²) in [6.07, 6.45) is 3.25. The van der Waals surface area contributed by atoms with Crippen molar-refractivity contribution in [2.24, 2.45) is 5.92 Å². The minimum atomic E-state index is -0.727. The van der Waals surface area contributed by atoms with Gasteiger partial charge in [-0.3, -0.25) is 4.79 Å². The molecule has 0 saturated carbocycles. The van der Waals surface area contributed by atoms with Crippen molar-refractivity contribution in [3.8, 4) is 0 Å². The maximum absolute atomic E-state index is 11.1. The van der Waals surface area contributed by atoms with E-state index in [-0.39, 0.29) is 5.92 Å². The van der Waals surface area contributed by atoms with Crippen LogP contribution in [0, 0.1) is 5.92 Å². The standard InChI is InChI=1S/C17H18N4O2/c22-17(23)13-5-7-20(10-13)15-9-16(19-11-18-15)21-8-6-12-3-1-2-4-14(12)21/h1-4,9,11,13H,5-8,10H2,(H,22,23). The third-order valence-electron chi connectivity index (χ3n) is 4.66. The number of carbonyl (C=O) groups is 1. The van der Waals surface area contributed by atoms with E-state index in [9.17, 15) is 4.79 Å². The number of anilines is 3. The Bertz CT molecular complexity index is 749. The number of fused-ring (bicyclic) bond motifs is 1. The van der Waals surface area contributed by atoms with Crippen molar-refractivity contribution in [1.82, 2.24) is 9.97 Å². The molecule has 6 nitrogen and oxygen atoms in total. The van der Waals surface area contributed by atoms with Crippen LogP contribution in [0.5, 0.6) is 0 Å². The highest BCUT2D eigenvalue weighted by Crippen LogP contribution is 2.34. The van der Waals surface area contributed by atoms with Gasteiger partial charge >= 0.3 is 5.97 Å². The minimum Gasteiger partial charge on any atom is -0.481 e. The maximum atomic E-state index is 11.1. The summed E-state index contributed by atoms with van der Waals surface area (Å²) < 4.78 is 0. The number of nitrogens with zero attached hydrogens (tertiary/aromatic N) is 4. The molecular formula is C17H18N4O2. The summed E-state index contributed by atoms with van der Waals surface area (Å²) in [5.74, 6) is 0.651. The fourth-order valence-corrected chi connectivity index (χ4v) is 3.40. The van der Waals surface area contributed by atoms with Gasteiger partial charge in [-0.05, 0) is 24.5 Å². The lowest BCUT2D eigenvalue weighted by Crippen LogP contribution is -2.24. The van der Waals surface area contributed by atoms with Crippen LogP contribution < -0.4 is 9.80 Å². The molecule has 6 heteroatoms. The Morgan fingerprint density at radius 3 is 2.83 bits per heavy atom. The average Bonchev–Trinajstić information content (AvgIpc) is 3.22.